The van der Waals surface area contributed by atoms with Crippen LogP contribution in [0.2, 0.25) is 0 Å². The first kappa shape index (κ1) is 8.21. The number of H-pyrrole nitrogens is 1. The normalized spacial score (nSPS) is 13.0. The van der Waals surface area contributed by atoms with Gasteiger partial charge in [0, 0.05) is 5.39 Å². The summed E-state index contributed by atoms with van der Waals surface area (Å²) >= 11 is -2.08. The second-order valence-corrected chi connectivity index (χ2v) is 3.17. The molecular weight excluding hydrogens is 190 g/mol. The predicted molar refractivity (Wildman–Crippen MR) is 50.5 cm³/mol. The lowest BCUT2D eigenvalue weighted by molar-refractivity contribution is 0.570. The van der Waals surface area contributed by atoms with E-state index in [-0.39, 0.29) is 0 Å². The van der Waals surface area contributed by atoms with Crippen LogP contribution in [-0.4, -0.2) is 19.0 Å². The number of anilines is 1. The monoisotopic (exact) mass is 197 g/mol. The van der Waals surface area contributed by atoms with Crippen molar-refractivity contribution in [3.8, 4) is 0 Å². The van der Waals surface area contributed by atoms with E-state index in [0.717, 1.165) is 10.9 Å². The summed E-state index contributed by atoms with van der Waals surface area (Å²) in [6.07, 6.45) is 0. The van der Waals surface area contributed by atoms with Gasteiger partial charge in [0.2, 0.25) is 0 Å². The quantitative estimate of drug-likeness (QED) is 0.631. The maximum absolute atomic E-state index is 10.5. The topological polar surface area (TPSA) is 78.0 Å². The molecule has 1 aromatic heterocycles. The number of rotatable bonds is 2. The molecule has 1 aromatic carbocycles. The summed E-state index contributed by atoms with van der Waals surface area (Å²) < 4.78 is 21.4. The van der Waals surface area contributed by atoms with Gasteiger partial charge in [-0.25, -0.2) is 4.21 Å². The third-order valence-corrected chi connectivity index (χ3v) is 2.02. The minimum absolute atomic E-state index is 0.386. The average molecular weight is 197 g/mol. The maximum atomic E-state index is 10.5. The van der Waals surface area contributed by atoms with Crippen molar-refractivity contribution in [2.75, 3.05) is 4.72 Å². The average Bonchev–Trinajstić information content (AvgIpc) is 2.48. The molecule has 2 aromatic rings. The lowest BCUT2D eigenvalue weighted by atomic mass is 10.2. The third-order valence-electron chi connectivity index (χ3n) is 1.65. The minimum Gasteiger partial charge on any atom is -0.289 e. The van der Waals surface area contributed by atoms with Gasteiger partial charge in [-0.2, -0.15) is 5.10 Å². The molecule has 0 aliphatic carbocycles. The number of para-hydroxylation sites is 1. The molecule has 0 aliphatic heterocycles. The Morgan fingerprint density at radius 2 is 2.23 bits per heavy atom. The van der Waals surface area contributed by atoms with E-state index in [1.54, 1.807) is 0 Å². The zero-order valence-electron chi connectivity index (χ0n) is 6.52. The van der Waals surface area contributed by atoms with Crippen LogP contribution in [0.15, 0.2) is 24.3 Å². The Morgan fingerprint density at radius 3 is 3.00 bits per heavy atom. The first-order valence-electron chi connectivity index (χ1n) is 3.58. The van der Waals surface area contributed by atoms with Crippen molar-refractivity contribution in [2.45, 2.75) is 0 Å². The number of nitrogens with one attached hydrogen (secondary N) is 2. The molecule has 0 bridgehead atoms. The number of aromatic nitrogens is 2. The molecule has 0 aliphatic rings. The van der Waals surface area contributed by atoms with Crippen molar-refractivity contribution in [3.05, 3.63) is 24.3 Å². The number of benzene rings is 1. The summed E-state index contributed by atoms with van der Waals surface area (Å²) in [6.45, 7) is 0. The van der Waals surface area contributed by atoms with E-state index in [1.807, 2.05) is 24.3 Å². The maximum Gasteiger partial charge on any atom is 0.260 e. The second kappa shape index (κ2) is 3.15. The molecule has 6 heteroatoms. The molecule has 1 heterocycles. The molecule has 0 amide bonds. The number of hydrogen-bond donors (Lipinski definition) is 3. The smallest absolute Gasteiger partial charge is 0.260 e. The summed E-state index contributed by atoms with van der Waals surface area (Å²) in [5, 5.41) is 7.38. The van der Waals surface area contributed by atoms with Gasteiger partial charge in [0.25, 0.3) is 11.3 Å². The van der Waals surface area contributed by atoms with Crippen LogP contribution >= 0.6 is 0 Å². The number of hydrogen-bond acceptors (Lipinski definition) is 2. The minimum atomic E-state index is -2.08. The van der Waals surface area contributed by atoms with Gasteiger partial charge in [0.15, 0.2) is 5.82 Å². The highest BCUT2D eigenvalue weighted by Crippen LogP contribution is 2.19. The fourth-order valence-corrected chi connectivity index (χ4v) is 1.44. The van der Waals surface area contributed by atoms with Gasteiger partial charge in [0.05, 0.1) is 5.52 Å². The zero-order chi connectivity index (χ0) is 9.26. The standard InChI is InChI=1S/C7H7N3O2S/c11-13(12)10-7-5-3-1-2-4-6(5)8-9-7/h1-4H,(H,11,12)(H2,8,9,10). The second-order valence-electron chi connectivity index (χ2n) is 2.47. The van der Waals surface area contributed by atoms with Gasteiger partial charge in [-0.15, -0.1) is 0 Å². The van der Waals surface area contributed by atoms with Crippen LogP contribution < -0.4 is 4.72 Å². The number of nitrogens with zero attached hydrogens (tertiary/aromatic N) is 1. The Morgan fingerprint density at radius 1 is 1.46 bits per heavy atom. The predicted octanol–water partition coefficient (Wildman–Crippen LogP) is 1.11. The van der Waals surface area contributed by atoms with Crippen LogP contribution in [0.25, 0.3) is 10.9 Å². The molecule has 1 unspecified atom stereocenters. The third kappa shape index (κ3) is 1.53. The van der Waals surface area contributed by atoms with E-state index in [4.69, 9.17) is 4.55 Å². The van der Waals surface area contributed by atoms with E-state index in [1.165, 1.54) is 0 Å². The molecular formula is C7H7N3O2S. The number of aromatic amines is 1. The molecule has 2 rings (SSSR count). The van der Waals surface area contributed by atoms with Crippen LogP contribution in [0.3, 0.4) is 0 Å². The summed E-state index contributed by atoms with van der Waals surface area (Å²) in [6, 6.07) is 7.35. The van der Waals surface area contributed by atoms with Crippen LogP contribution in [0, 0.1) is 0 Å². The van der Waals surface area contributed by atoms with Gasteiger partial charge in [0.1, 0.15) is 0 Å². The van der Waals surface area contributed by atoms with Crippen LogP contribution in [0.4, 0.5) is 5.82 Å². The lowest BCUT2D eigenvalue weighted by Gasteiger charge is -1.94. The van der Waals surface area contributed by atoms with Crippen LogP contribution in [0.5, 0.6) is 0 Å². The molecule has 68 valence electrons. The summed E-state index contributed by atoms with van der Waals surface area (Å²) in [7, 11) is 0. The van der Waals surface area contributed by atoms with Crippen molar-refractivity contribution in [1.29, 1.82) is 0 Å². The number of fused-ring (bicyclic) bond motifs is 1. The van der Waals surface area contributed by atoms with E-state index in [0.29, 0.717) is 5.82 Å². The highest BCUT2D eigenvalue weighted by atomic mass is 32.2. The summed E-state index contributed by atoms with van der Waals surface area (Å²) in [4.78, 5) is 0. The Bertz CT molecular complexity index is 454. The van der Waals surface area contributed by atoms with Gasteiger partial charge in [-0.05, 0) is 12.1 Å². The van der Waals surface area contributed by atoms with Crippen molar-refractivity contribution < 1.29 is 8.76 Å². The molecule has 3 N–H and O–H groups in total. The Hall–Kier alpha value is -1.40. The lowest BCUT2D eigenvalue weighted by Crippen LogP contribution is -2.02. The van der Waals surface area contributed by atoms with Crippen molar-refractivity contribution in [3.63, 3.8) is 0 Å². The molecule has 0 fully saturated rings. The van der Waals surface area contributed by atoms with E-state index in [2.05, 4.69) is 14.9 Å². The van der Waals surface area contributed by atoms with Crippen molar-refractivity contribution >= 4 is 28.0 Å². The summed E-state index contributed by atoms with van der Waals surface area (Å²) in [5.41, 5.74) is 0.829. The molecule has 0 saturated heterocycles. The Kier molecular flexibility index (Phi) is 1.99. The molecule has 5 nitrogen and oxygen atoms in total. The Labute approximate surface area is 76.6 Å². The van der Waals surface area contributed by atoms with E-state index >= 15 is 0 Å². The van der Waals surface area contributed by atoms with Crippen molar-refractivity contribution in [1.82, 2.24) is 10.2 Å². The summed E-state index contributed by atoms with van der Waals surface area (Å²) in [5.74, 6) is 0.386. The van der Waals surface area contributed by atoms with Gasteiger partial charge in [-0.1, -0.05) is 12.1 Å². The largest absolute Gasteiger partial charge is 0.289 e. The highest BCUT2D eigenvalue weighted by Gasteiger charge is 2.04. The molecule has 13 heavy (non-hydrogen) atoms. The van der Waals surface area contributed by atoms with Crippen LogP contribution in [0.1, 0.15) is 0 Å². The van der Waals surface area contributed by atoms with Gasteiger partial charge in [-0.3, -0.25) is 14.4 Å². The zero-order valence-corrected chi connectivity index (χ0v) is 7.34. The first-order valence-corrected chi connectivity index (χ1v) is 4.68. The fourth-order valence-electron chi connectivity index (χ4n) is 1.12. The SMILES string of the molecule is O=S(O)Nc1n[nH]c2ccccc12. The highest BCUT2D eigenvalue weighted by molar-refractivity contribution is 7.80. The van der Waals surface area contributed by atoms with Gasteiger partial charge >= 0.3 is 0 Å². The van der Waals surface area contributed by atoms with Crippen LogP contribution in [-0.2, 0) is 11.3 Å². The first-order chi connectivity index (χ1) is 6.27. The van der Waals surface area contributed by atoms with Crippen molar-refractivity contribution in [2.24, 2.45) is 0 Å². The fraction of sp³-hybridized carbons (Fsp3) is 0. The van der Waals surface area contributed by atoms with Gasteiger partial charge < -0.3 is 0 Å². The molecule has 0 radical (unpaired) electrons. The van der Waals surface area contributed by atoms with E-state index < -0.39 is 11.3 Å². The Balaban J connectivity index is 2.51. The molecule has 0 saturated carbocycles. The molecule has 1 atom stereocenters. The molecule has 0 spiro atoms. The van der Waals surface area contributed by atoms with E-state index in [9.17, 15) is 4.21 Å².